The highest BCUT2D eigenvalue weighted by atomic mass is 16.6. The molecule has 0 bridgehead atoms. The van der Waals surface area contributed by atoms with Gasteiger partial charge in [-0.3, -0.25) is 0 Å². The van der Waals surface area contributed by atoms with Crippen molar-refractivity contribution in [2.24, 2.45) is 0 Å². The van der Waals surface area contributed by atoms with Crippen LogP contribution in [-0.4, -0.2) is 50.7 Å². The van der Waals surface area contributed by atoms with Crippen LogP contribution in [0.1, 0.15) is 40.0 Å². The van der Waals surface area contributed by atoms with Gasteiger partial charge in [0, 0.05) is 25.3 Å². The molecule has 130 valence electrons. The third-order valence-corrected chi connectivity index (χ3v) is 4.07. The van der Waals surface area contributed by atoms with Gasteiger partial charge in [0.05, 0.1) is 12.0 Å². The number of ether oxygens (including phenoxy) is 1. The molecule has 2 N–H and O–H groups in total. The SMILES string of the molecule is CC(C)(C)OC(=O)N1CCCC(Nc2ccnc3nc[nH]c23)CC1. The van der Waals surface area contributed by atoms with Crippen LogP contribution in [-0.2, 0) is 4.74 Å². The van der Waals surface area contributed by atoms with Crippen LogP contribution >= 0.6 is 0 Å². The zero-order valence-corrected chi connectivity index (χ0v) is 14.5. The summed E-state index contributed by atoms with van der Waals surface area (Å²) in [7, 11) is 0. The van der Waals surface area contributed by atoms with Crippen molar-refractivity contribution >= 4 is 22.9 Å². The van der Waals surface area contributed by atoms with Crippen molar-refractivity contribution in [2.75, 3.05) is 18.4 Å². The first-order chi connectivity index (χ1) is 11.4. The topological polar surface area (TPSA) is 83.1 Å². The summed E-state index contributed by atoms with van der Waals surface area (Å²) >= 11 is 0. The Balaban J connectivity index is 1.62. The number of likely N-dealkylation sites (tertiary alicyclic amines) is 1. The fourth-order valence-corrected chi connectivity index (χ4v) is 2.94. The van der Waals surface area contributed by atoms with E-state index in [1.165, 1.54) is 0 Å². The highest BCUT2D eigenvalue weighted by Crippen LogP contribution is 2.22. The van der Waals surface area contributed by atoms with Gasteiger partial charge in [0.1, 0.15) is 11.1 Å². The van der Waals surface area contributed by atoms with Crippen LogP contribution < -0.4 is 5.32 Å². The van der Waals surface area contributed by atoms with Crippen LogP contribution in [0.25, 0.3) is 11.2 Å². The van der Waals surface area contributed by atoms with E-state index in [4.69, 9.17) is 4.74 Å². The minimum Gasteiger partial charge on any atom is -0.444 e. The van der Waals surface area contributed by atoms with Crippen LogP contribution in [0.3, 0.4) is 0 Å². The molecule has 0 radical (unpaired) electrons. The molecule has 0 aliphatic carbocycles. The van der Waals surface area contributed by atoms with E-state index in [0.29, 0.717) is 18.2 Å². The lowest BCUT2D eigenvalue weighted by atomic mass is 10.1. The summed E-state index contributed by atoms with van der Waals surface area (Å²) in [5.74, 6) is 0. The Hall–Kier alpha value is -2.31. The van der Waals surface area contributed by atoms with Crippen molar-refractivity contribution < 1.29 is 9.53 Å². The maximum atomic E-state index is 12.2. The second-order valence-corrected chi connectivity index (χ2v) is 7.20. The lowest BCUT2D eigenvalue weighted by molar-refractivity contribution is 0.0256. The summed E-state index contributed by atoms with van der Waals surface area (Å²) < 4.78 is 5.48. The lowest BCUT2D eigenvalue weighted by Crippen LogP contribution is -2.37. The molecule has 2 aromatic rings. The molecular weight excluding hydrogens is 306 g/mol. The van der Waals surface area contributed by atoms with Crippen molar-refractivity contribution in [1.29, 1.82) is 0 Å². The molecule has 0 aromatic carbocycles. The van der Waals surface area contributed by atoms with Gasteiger partial charge in [-0.15, -0.1) is 0 Å². The zero-order valence-electron chi connectivity index (χ0n) is 14.5. The molecule has 24 heavy (non-hydrogen) atoms. The number of aromatic nitrogens is 3. The first-order valence-corrected chi connectivity index (χ1v) is 8.45. The number of carbonyl (C=O) groups is 1. The standard InChI is InChI=1S/C17H25N5O2/c1-17(2,3)24-16(23)22-9-4-5-12(7-10-22)21-13-6-8-18-15-14(13)19-11-20-15/h6,8,11-12H,4-5,7,9-10H2,1-3H3,(H2,18,19,20,21). The highest BCUT2D eigenvalue weighted by Gasteiger charge is 2.25. The van der Waals surface area contributed by atoms with Crippen LogP contribution in [0.2, 0.25) is 0 Å². The van der Waals surface area contributed by atoms with E-state index in [1.54, 1.807) is 12.5 Å². The molecule has 0 saturated carbocycles. The summed E-state index contributed by atoms with van der Waals surface area (Å²) in [6.07, 6.45) is 6.04. The van der Waals surface area contributed by atoms with Gasteiger partial charge in [0.2, 0.25) is 0 Å². The number of anilines is 1. The number of nitrogens with one attached hydrogen (secondary N) is 2. The molecule has 1 amide bonds. The van der Waals surface area contributed by atoms with E-state index in [-0.39, 0.29) is 6.09 Å². The molecule has 1 saturated heterocycles. The van der Waals surface area contributed by atoms with Crippen molar-refractivity contribution in [1.82, 2.24) is 19.9 Å². The quantitative estimate of drug-likeness (QED) is 0.883. The van der Waals surface area contributed by atoms with Gasteiger partial charge in [-0.1, -0.05) is 0 Å². The Kier molecular flexibility index (Phi) is 4.59. The number of nitrogens with zero attached hydrogens (tertiary/aromatic N) is 3. The molecule has 7 heteroatoms. The number of pyridine rings is 1. The van der Waals surface area contributed by atoms with Crippen LogP contribution in [0.5, 0.6) is 0 Å². The third kappa shape index (κ3) is 3.96. The predicted molar refractivity (Wildman–Crippen MR) is 93.0 cm³/mol. The molecule has 3 heterocycles. The number of H-pyrrole nitrogens is 1. The molecule has 1 aliphatic heterocycles. The van der Waals surface area contributed by atoms with Crippen molar-refractivity contribution in [3.8, 4) is 0 Å². The zero-order chi connectivity index (χ0) is 17.2. The summed E-state index contributed by atoms with van der Waals surface area (Å²) in [6, 6.07) is 2.27. The fourth-order valence-electron chi connectivity index (χ4n) is 2.94. The van der Waals surface area contributed by atoms with E-state index < -0.39 is 5.60 Å². The summed E-state index contributed by atoms with van der Waals surface area (Å²) in [6.45, 7) is 7.12. The first-order valence-electron chi connectivity index (χ1n) is 8.45. The van der Waals surface area contributed by atoms with Gasteiger partial charge in [0.25, 0.3) is 0 Å². The van der Waals surface area contributed by atoms with E-state index in [1.807, 2.05) is 31.7 Å². The number of hydrogen-bond acceptors (Lipinski definition) is 5. The van der Waals surface area contributed by atoms with Crippen molar-refractivity contribution in [2.45, 2.75) is 51.7 Å². The Morgan fingerprint density at radius 1 is 1.33 bits per heavy atom. The van der Waals surface area contributed by atoms with E-state index in [0.717, 1.165) is 37.0 Å². The minimum atomic E-state index is -0.454. The van der Waals surface area contributed by atoms with Gasteiger partial charge in [-0.05, 0) is 46.1 Å². The molecule has 1 atom stereocenters. The second-order valence-electron chi connectivity index (χ2n) is 7.20. The Labute approximate surface area is 141 Å². The van der Waals surface area contributed by atoms with E-state index >= 15 is 0 Å². The lowest BCUT2D eigenvalue weighted by Gasteiger charge is -2.26. The first kappa shape index (κ1) is 16.5. The van der Waals surface area contributed by atoms with Crippen LogP contribution in [0.4, 0.5) is 10.5 Å². The average Bonchev–Trinajstić information content (AvgIpc) is 2.86. The monoisotopic (exact) mass is 331 g/mol. The van der Waals surface area contributed by atoms with Gasteiger partial charge in [-0.25, -0.2) is 14.8 Å². The number of aromatic amines is 1. The number of carbonyl (C=O) groups excluding carboxylic acids is 1. The Morgan fingerprint density at radius 2 is 2.17 bits per heavy atom. The number of imidazole rings is 1. The fraction of sp³-hybridized carbons (Fsp3) is 0.588. The van der Waals surface area contributed by atoms with Crippen LogP contribution in [0.15, 0.2) is 18.6 Å². The highest BCUT2D eigenvalue weighted by molar-refractivity contribution is 5.84. The van der Waals surface area contributed by atoms with Gasteiger partial charge >= 0.3 is 6.09 Å². The van der Waals surface area contributed by atoms with Crippen molar-refractivity contribution in [3.05, 3.63) is 18.6 Å². The maximum absolute atomic E-state index is 12.2. The number of rotatable bonds is 2. The average molecular weight is 331 g/mol. The van der Waals surface area contributed by atoms with Crippen molar-refractivity contribution in [3.63, 3.8) is 0 Å². The van der Waals surface area contributed by atoms with Crippen LogP contribution in [0, 0.1) is 0 Å². The minimum absolute atomic E-state index is 0.219. The summed E-state index contributed by atoms with van der Waals surface area (Å²) in [4.78, 5) is 25.6. The normalized spacial score (nSPS) is 19.1. The second kappa shape index (κ2) is 6.67. The number of hydrogen-bond donors (Lipinski definition) is 2. The Morgan fingerprint density at radius 3 is 2.96 bits per heavy atom. The molecule has 1 fully saturated rings. The molecule has 2 aromatic heterocycles. The molecular formula is C17H25N5O2. The molecule has 1 unspecified atom stereocenters. The summed E-state index contributed by atoms with van der Waals surface area (Å²) in [5, 5.41) is 3.57. The largest absolute Gasteiger partial charge is 0.444 e. The molecule has 3 rings (SSSR count). The van der Waals surface area contributed by atoms with Gasteiger partial charge < -0.3 is 19.9 Å². The number of amides is 1. The smallest absolute Gasteiger partial charge is 0.410 e. The van der Waals surface area contributed by atoms with E-state index in [9.17, 15) is 4.79 Å². The maximum Gasteiger partial charge on any atom is 0.410 e. The molecule has 1 aliphatic rings. The van der Waals surface area contributed by atoms with E-state index in [2.05, 4.69) is 20.3 Å². The number of fused-ring (bicyclic) bond motifs is 1. The predicted octanol–water partition coefficient (Wildman–Crippen LogP) is 3.16. The summed E-state index contributed by atoms with van der Waals surface area (Å²) in [5.41, 5.74) is 2.19. The van der Waals surface area contributed by atoms with Gasteiger partial charge in [0.15, 0.2) is 5.65 Å². The molecule has 7 nitrogen and oxygen atoms in total. The third-order valence-electron chi connectivity index (χ3n) is 4.07. The van der Waals surface area contributed by atoms with Gasteiger partial charge in [-0.2, -0.15) is 0 Å². The molecule has 0 spiro atoms. The Bertz CT molecular complexity index is 706.